The molecular formula is C107H110Cl2N18O16. The van der Waals surface area contributed by atoms with E-state index in [-0.39, 0.29) is 48.6 Å². The van der Waals surface area contributed by atoms with Gasteiger partial charge in [0.05, 0.1) is 130 Å². The van der Waals surface area contributed by atoms with Gasteiger partial charge in [-0.15, -0.1) is 0 Å². The largest absolute Gasteiger partial charge is 0.481 e. The summed E-state index contributed by atoms with van der Waals surface area (Å²) in [5, 5.41) is 44.7. The number of H-pyrrole nitrogens is 2. The summed E-state index contributed by atoms with van der Waals surface area (Å²) < 4.78 is 36.3. The summed E-state index contributed by atoms with van der Waals surface area (Å²) in [4.78, 5) is 128. The van der Waals surface area contributed by atoms with Crippen LogP contribution in [0.3, 0.4) is 0 Å². The fourth-order valence-corrected chi connectivity index (χ4v) is 17.8. The second kappa shape index (κ2) is 46.7. The van der Waals surface area contributed by atoms with E-state index in [1.54, 1.807) is 16.0 Å². The molecule has 0 bridgehead atoms. The van der Waals surface area contributed by atoms with Gasteiger partial charge in [-0.3, -0.25) is 53.3 Å². The molecule has 8 aromatic carbocycles. The first kappa shape index (κ1) is 104. The molecule has 0 saturated carbocycles. The van der Waals surface area contributed by atoms with Gasteiger partial charge >= 0.3 is 41.8 Å². The molecule has 0 aliphatic carbocycles. The lowest BCUT2D eigenvalue weighted by atomic mass is 9.89. The first-order valence-corrected chi connectivity index (χ1v) is 46.9. The number of nitrogens with one attached hydrogen (secondary N) is 2. The van der Waals surface area contributed by atoms with Gasteiger partial charge < -0.3 is 39.3 Å². The molecule has 19 rings (SSSR count). The zero-order chi connectivity index (χ0) is 103. The first-order chi connectivity index (χ1) is 68.8. The standard InChI is InChI=1S/C24H25N3O2.C23H23N3O2.C17H18ClN3O2.C14H12ClN3O2.C14H13N3O3.C8H12O5.C7H7N3/c1-5-8-19(24(28)29-4)21-16(3)25-23-18-9-6-7-10-20(18)26-27(23)22(21)17-13-11-15(2)12-14-17;1-4-7-18(23(27)28)20-15(3)24-22-17-8-5-6-9-19(17)25-26(22)21(20)16-12-10-14(2)11-13-16;1-4-7-12(17(22)23-3)14-10(2)19-16-11-8-5-6-9-13(11)20-21(16)15(14)18;1-8-10(7-12(19)20-2)13(15)18-14(16-8)9-5-3-4-6-11(9)17-18;1-8-10(7-12(18)20-2)14(19)17-13(15-8)9-5-3-4-6-11(9)16-17;1-5(9)6(8(11)13-3)4-7(10)12-2;8-7-5-3-1-2-4-6(5)9-10-7/h6-7,9-14,19H,5,8H2,1-4H3;5-6,8-13,18H,4,7H2,1-3H3,(H,27,28);5-6,8-9,12H,4,7H2,1-3H3;3-6H,7H2,1-2H3;3-6,16H,7H2,1-2H3;6H,4H2,1-3H3;1-4H,(H3,8,9,10). The number of ketones is 1. The third-order valence-corrected chi connectivity index (χ3v) is 25.1. The number of ether oxygens (including phenoxy) is 6. The molecule has 0 saturated heterocycles. The number of aromatic nitrogens is 17. The molecule has 11 heterocycles. The zero-order valence-electron chi connectivity index (χ0n) is 82.3. The van der Waals surface area contributed by atoms with Crippen molar-refractivity contribution in [3.63, 3.8) is 0 Å². The van der Waals surface area contributed by atoms with E-state index >= 15 is 0 Å². The van der Waals surface area contributed by atoms with Gasteiger partial charge in [0.2, 0.25) is 0 Å². The Bertz CT molecular complexity index is 8060. The van der Waals surface area contributed by atoms with Crippen LogP contribution in [0.25, 0.3) is 116 Å². The Morgan fingerprint density at radius 2 is 0.741 bits per heavy atom. The van der Waals surface area contributed by atoms with Crippen LogP contribution < -0.4 is 11.3 Å². The quantitative estimate of drug-likeness (QED) is 0.0212. The Balaban J connectivity index is 0.000000143. The van der Waals surface area contributed by atoms with Gasteiger partial charge in [-0.1, -0.05) is 196 Å². The molecule has 4 unspecified atom stereocenters. The van der Waals surface area contributed by atoms with E-state index < -0.39 is 47.4 Å². The average Bonchev–Trinajstić information content (AvgIpc) is 1.59. The number of hydrogen-bond donors (Lipinski definition) is 4. The van der Waals surface area contributed by atoms with Crippen LogP contribution in [0, 0.1) is 54.4 Å². The van der Waals surface area contributed by atoms with Gasteiger partial charge in [0.15, 0.2) is 34.1 Å². The number of rotatable bonds is 22. The molecule has 5 N–H and O–H groups in total. The van der Waals surface area contributed by atoms with Crippen LogP contribution in [0.1, 0.15) is 158 Å². The van der Waals surface area contributed by atoms with Crippen molar-refractivity contribution in [2.45, 2.75) is 152 Å². The second-order valence-electron chi connectivity index (χ2n) is 33.9. The summed E-state index contributed by atoms with van der Waals surface area (Å²) in [7, 11) is 7.83. The van der Waals surface area contributed by atoms with E-state index in [9.17, 15) is 48.3 Å². The number of methoxy groups -OCH3 is 6. The maximum Gasteiger partial charge on any atom is 0.316 e. The minimum Gasteiger partial charge on any atom is -0.481 e. The molecule has 0 radical (unpaired) electrons. The number of esters is 6. The number of hydrogen-bond acceptors (Lipinski definition) is 26. The minimum atomic E-state index is -1.04. The fraction of sp³-hybridized carbons (Fsp3) is 0.280. The predicted octanol–water partition coefficient (Wildman–Crippen LogP) is 19.1. The number of fused-ring (bicyclic) bond motifs is 16. The van der Waals surface area contributed by atoms with Crippen LogP contribution in [-0.4, -0.2) is 179 Å². The molecule has 738 valence electrons. The van der Waals surface area contributed by atoms with E-state index in [4.69, 9.17) is 58.6 Å². The number of aromatic amines is 2. The number of nitrogens with two attached hydrogens (primary N) is 1. The number of anilines is 1. The fourth-order valence-electron chi connectivity index (χ4n) is 17.0. The molecule has 0 aliphatic rings. The summed E-state index contributed by atoms with van der Waals surface area (Å²) >= 11 is 13.0. The third-order valence-electron chi connectivity index (χ3n) is 24.3. The summed E-state index contributed by atoms with van der Waals surface area (Å²) in [5.74, 6) is -5.80. The van der Waals surface area contributed by atoms with Gasteiger partial charge in [-0.2, -0.15) is 25.5 Å². The van der Waals surface area contributed by atoms with Crippen molar-refractivity contribution in [3.8, 4) is 22.5 Å². The van der Waals surface area contributed by atoms with Gasteiger partial charge in [-0.25, -0.2) is 47.5 Å². The second-order valence-corrected chi connectivity index (χ2v) is 34.6. The van der Waals surface area contributed by atoms with Crippen molar-refractivity contribution in [1.82, 2.24) is 83.2 Å². The van der Waals surface area contributed by atoms with Crippen molar-refractivity contribution in [2.24, 2.45) is 5.92 Å². The van der Waals surface area contributed by atoms with Crippen molar-refractivity contribution >= 4 is 170 Å². The number of carbonyl (C=O) groups is 8. The maximum absolute atomic E-state index is 12.7. The molecular weight excluding hydrogens is 1860 g/mol. The van der Waals surface area contributed by atoms with Crippen LogP contribution in [0.15, 0.2) is 199 Å². The number of para-hydroxylation sites is 2. The molecule has 0 aliphatic heterocycles. The summed E-state index contributed by atoms with van der Waals surface area (Å²) in [6.07, 6.45) is 4.14. The number of halogens is 2. The van der Waals surface area contributed by atoms with Gasteiger partial charge in [0.25, 0.3) is 5.56 Å². The molecule has 19 aromatic rings. The molecule has 0 spiro atoms. The number of carboxylic acid groups (broad SMARTS) is 1. The highest BCUT2D eigenvalue weighted by atomic mass is 35.5. The molecule has 4 atom stereocenters. The molecule has 36 heteroatoms. The van der Waals surface area contributed by atoms with Crippen molar-refractivity contribution in [2.75, 3.05) is 48.4 Å². The van der Waals surface area contributed by atoms with Crippen molar-refractivity contribution in [1.29, 1.82) is 0 Å². The number of carbonyl (C=O) groups excluding carboxylic acids is 7. The van der Waals surface area contributed by atoms with Crippen LogP contribution in [0.4, 0.5) is 5.82 Å². The van der Waals surface area contributed by atoms with Gasteiger partial charge in [0.1, 0.15) is 22.0 Å². The van der Waals surface area contributed by atoms with Gasteiger partial charge in [0, 0.05) is 94.2 Å². The number of Topliss-reactive ketones (excluding diaryl/α,β-unsaturated/α-hetero) is 1. The zero-order valence-corrected chi connectivity index (χ0v) is 83.8. The van der Waals surface area contributed by atoms with E-state index in [1.807, 2.05) is 227 Å². The maximum atomic E-state index is 12.7. The Morgan fingerprint density at radius 1 is 0.392 bits per heavy atom. The van der Waals surface area contributed by atoms with Crippen LogP contribution in [-0.2, 0) is 79.6 Å². The van der Waals surface area contributed by atoms with E-state index in [2.05, 4.69) is 97.5 Å². The predicted molar refractivity (Wildman–Crippen MR) is 549 cm³/mol. The lowest BCUT2D eigenvalue weighted by molar-refractivity contribution is -0.155. The third kappa shape index (κ3) is 22.6. The number of nitrogen functional groups attached to an aromatic ring is 1. The molecule has 11 aromatic heterocycles. The van der Waals surface area contributed by atoms with Crippen molar-refractivity contribution < 1.29 is 71.9 Å². The van der Waals surface area contributed by atoms with Gasteiger partial charge in [-0.05, 0) is 147 Å². The molecule has 143 heavy (non-hydrogen) atoms. The topological polar surface area (TPSA) is 438 Å². The SMILES string of the molecule is CCCC(C(=O)O)c1c(C)nc2c3ccccc3nn2c1-c1ccc(C)cc1.CCCC(C(=O)OC)c1c(C)nc2c3ccccc3nn2c1-c1ccc(C)cc1.CCCC(C(=O)OC)c1c(C)nc2c3ccccc3nn2c1Cl.COC(=O)CC(C(C)=O)C(=O)OC.COC(=O)Cc1c(C)nc2c3ccccc3[nH]n2c1=O.COC(=O)Cc1c(C)nc2c3ccccc3nn2c1Cl.Nc1n[nH]c2ccccc12. The molecule has 34 nitrogen and oxygen atoms in total. The normalized spacial score (nSPS) is 11.9. The van der Waals surface area contributed by atoms with E-state index in [0.29, 0.717) is 80.4 Å². The number of carboxylic acids is 1. The molecule has 0 fully saturated rings. The summed E-state index contributed by atoms with van der Waals surface area (Å²) in [5.41, 5.74) is 26.9. The van der Waals surface area contributed by atoms with Crippen LogP contribution in [0.2, 0.25) is 10.3 Å². The van der Waals surface area contributed by atoms with E-state index in [1.165, 1.54) is 52.6 Å². The Morgan fingerprint density at radius 3 is 1.16 bits per heavy atom. The smallest absolute Gasteiger partial charge is 0.316 e. The van der Waals surface area contributed by atoms with Crippen LogP contribution in [0.5, 0.6) is 0 Å². The highest BCUT2D eigenvalue weighted by Gasteiger charge is 2.34. The summed E-state index contributed by atoms with van der Waals surface area (Å²) in [6.45, 7) is 20.7. The lowest BCUT2D eigenvalue weighted by Gasteiger charge is -2.21. The average molecular weight is 1980 g/mol. The number of aryl methyl sites for hydroxylation is 7. The first-order valence-electron chi connectivity index (χ1n) is 46.2. The summed E-state index contributed by atoms with van der Waals surface area (Å²) in [6, 6.07) is 63.1. The Kier molecular flexibility index (Phi) is 34.0. The monoisotopic (exact) mass is 1970 g/mol. The highest BCUT2D eigenvalue weighted by Crippen LogP contribution is 2.41. The Hall–Kier alpha value is -16.2. The molecule has 0 amide bonds. The number of benzene rings is 8. The van der Waals surface area contributed by atoms with E-state index in [0.717, 1.165) is 159 Å². The van der Waals surface area contributed by atoms with Crippen LogP contribution >= 0.6 is 23.2 Å². The Labute approximate surface area is 831 Å². The number of aliphatic carboxylic acids is 1. The minimum absolute atomic E-state index is 0.0769. The highest BCUT2D eigenvalue weighted by molar-refractivity contribution is 6.31. The lowest BCUT2D eigenvalue weighted by Crippen LogP contribution is -2.26. The van der Waals surface area contributed by atoms with Crippen molar-refractivity contribution in [3.05, 3.63) is 282 Å². The number of nitrogens with zero attached hydrogens (tertiary/aromatic N) is 15.